The van der Waals surface area contributed by atoms with Crippen LogP contribution in [0.3, 0.4) is 0 Å². The van der Waals surface area contributed by atoms with Crippen molar-refractivity contribution in [2.45, 2.75) is 61.6 Å². The number of rotatable bonds is 3. The first-order valence-corrected chi connectivity index (χ1v) is 8.18. The summed E-state index contributed by atoms with van der Waals surface area (Å²) in [5.74, 6) is -2.30. The SMILES string of the molecule is NS(=O)(=O)c1nnc(C2CCC(F)(F)CC2)n1C1CC1. The van der Waals surface area contributed by atoms with Crippen LogP contribution in [0, 0.1) is 0 Å². The predicted molar refractivity (Wildman–Crippen MR) is 65.8 cm³/mol. The highest BCUT2D eigenvalue weighted by Gasteiger charge is 2.40. The van der Waals surface area contributed by atoms with Gasteiger partial charge in [0.1, 0.15) is 5.82 Å². The summed E-state index contributed by atoms with van der Waals surface area (Å²) in [7, 11) is -3.94. The van der Waals surface area contributed by atoms with Crippen molar-refractivity contribution < 1.29 is 17.2 Å². The van der Waals surface area contributed by atoms with E-state index < -0.39 is 15.9 Å². The van der Waals surface area contributed by atoms with Gasteiger partial charge in [-0.05, 0) is 25.7 Å². The number of nitrogens with two attached hydrogens (primary N) is 1. The van der Waals surface area contributed by atoms with Crippen molar-refractivity contribution in [1.29, 1.82) is 0 Å². The van der Waals surface area contributed by atoms with Crippen LogP contribution in [-0.4, -0.2) is 29.1 Å². The third kappa shape index (κ3) is 2.56. The Morgan fingerprint density at radius 1 is 1.15 bits per heavy atom. The summed E-state index contributed by atoms with van der Waals surface area (Å²) in [5.41, 5.74) is 0. The standard InChI is InChI=1S/C11H16F2N4O2S/c12-11(13)5-3-7(4-6-11)9-15-16-10(20(14,18)19)17(9)8-1-2-8/h7-8H,1-6H2,(H2,14,18,19). The molecule has 0 spiro atoms. The van der Waals surface area contributed by atoms with Crippen molar-refractivity contribution in [3.63, 3.8) is 0 Å². The fraction of sp³-hybridized carbons (Fsp3) is 0.818. The van der Waals surface area contributed by atoms with Gasteiger partial charge in [0.15, 0.2) is 0 Å². The summed E-state index contributed by atoms with van der Waals surface area (Å²) in [5, 5.41) is 12.5. The molecule has 1 aromatic rings. The molecule has 2 fully saturated rings. The summed E-state index contributed by atoms with van der Waals surface area (Å²) in [6.07, 6.45) is 1.89. The fourth-order valence-electron chi connectivity index (χ4n) is 2.74. The lowest BCUT2D eigenvalue weighted by Gasteiger charge is -2.27. The minimum absolute atomic E-state index is 0.0377. The second-order valence-corrected chi connectivity index (χ2v) is 7.07. The molecule has 2 N–H and O–H groups in total. The van der Waals surface area contributed by atoms with Crippen molar-refractivity contribution in [2.75, 3.05) is 0 Å². The van der Waals surface area contributed by atoms with Crippen LogP contribution >= 0.6 is 0 Å². The van der Waals surface area contributed by atoms with Gasteiger partial charge in [0.2, 0.25) is 5.92 Å². The van der Waals surface area contributed by atoms with Crippen molar-refractivity contribution in [1.82, 2.24) is 14.8 Å². The van der Waals surface area contributed by atoms with Crippen molar-refractivity contribution in [3.8, 4) is 0 Å². The van der Waals surface area contributed by atoms with E-state index in [1.807, 2.05) is 0 Å². The second-order valence-electron chi connectivity index (χ2n) is 5.62. The highest BCUT2D eigenvalue weighted by atomic mass is 32.2. The van der Waals surface area contributed by atoms with E-state index >= 15 is 0 Å². The molecule has 2 aliphatic carbocycles. The molecule has 0 aliphatic heterocycles. The number of sulfonamides is 1. The van der Waals surface area contributed by atoms with Crippen LogP contribution < -0.4 is 5.14 Å². The topological polar surface area (TPSA) is 90.9 Å². The van der Waals surface area contributed by atoms with Crippen LogP contribution in [0.25, 0.3) is 0 Å². The molecule has 6 nitrogen and oxygen atoms in total. The maximum Gasteiger partial charge on any atom is 0.273 e. The number of primary sulfonamides is 1. The Hall–Kier alpha value is -1.09. The quantitative estimate of drug-likeness (QED) is 0.917. The Bertz CT molecular complexity index is 614. The zero-order valence-electron chi connectivity index (χ0n) is 10.8. The average Bonchev–Trinajstić information content (AvgIpc) is 3.07. The molecular weight excluding hydrogens is 290 g/mol. The molecule has 3 rings (SSSR count). The van der Waals surface area contributed by atoms with Crippen molar-refractivity contribution in [3.05, 3.63) is 5.82 Å². The van der Waals surface area contributed by atoms with E-state index in [1.54, 1.807) is 4.57 Å². The molecule has 20 heavy (non-hydrogen) atoms. The predicted octanol–water partition coefficient (Wildman–Crippen LogP) is 1.55. The third-order valence-corrected chi connectivity index (χ3v) is 4.73. The average molecular weight is 306 g/mol. The summed E-state index contributed by atoms with van der Waals surface area (Å²) < 4.78 is 51.0. The minimum Gasteiger partial charge on any atom is -0.297 e. The van der Waals surface area contributed by atoms with E-state index in [4.69, 9.17) is 5.14 Å². The van der Waals surface area contributed by atoms with Crippen LogP contribution in [0.2, 0.25) is 0 Å². The molecule has 0 bridgehead atoms. The Balaban J connectivity index is 1.93. The first-order chi connectivity index (χ1) is 9.28. The van der Waals surface area contributed by atoms with Gasteiger partial charge in [0.25, 0.3) is 15.2 Å². The van der Waals surface area contributed by atoms with E-state index in [-0.39, 0.29) is 30.0 Å². The Morgan fingerprint density at radius 2 is 1.75 bits per heavy atom. The number of hydrogen-bond donors (Lipinski definition) is 1. The molecule has 9 heteroatoms. The smallest absolute Gasteiger partial charge is 0.273 e. The normalized spacial score (nSPS) is 23.9. The monoisotopic (exact) mass is 306 g/mol. The maximum atomic E-state index is 13.2. The highest BCUT2D eigenvalue weighted by molar-refractivity contribution is 7.89. The molecule has 0 unspecified atom stereocenters. The number of alkyl halides is 2. The van der Waals surface area contributed by atoms with Gasteiger partial charge in [0, 0.05) is 24.8 Å². The van der Waals surface area contributed by atoms with Gasteiger partial charge in [-0.15, -0.1) is 10.2 Å². The molecule has 0 atom stereocenters. The molecule has 1 aromatic heterocycles. The van der Waals surface area contributed by atoms with Crippen LogP contribution in [0.5, 0.6) is 0 Å². The first-order valence-electron chi connectivity index (χ1n) is 6.63. The van der Waals surface area contributed by atoms with E-state index in [0.717, 1.165) is 12.8 Å². The lowest BCUT2D eigenvalue weighted by molar-refractivity contribution is -0.0390. The van der Waals surface area contributed by atoms with Crippen molar-refractivity contribution in [2.24, 2.45) is 5.14 Å². The third-order valence-electron chi connectivity index (χ3n) is 3.94. The molecule has 0 aromatic carbocycles. The Morgan fingerprint density at radius 3 is 2.25 bits per heavy atom. The highest BCUT2D eigenvalue weighted by Crippen LogP contribution is 2.44. The molecule has 1 heterocycles. The number of aromatic nitrogens is 3. The van der Waals surface area contributed by atoms with Gasteiger partial charge >= 0.3 is 0 Å². The van der Waals surface area contributed by atoms with Crippen LogP contribution in [-0.2, 0) is 10.0 Å². The van der Waals surface area contributed by atoms with Gasteiger partial charge in [-0.2, -0.15) is 0 Å². The van der Waals surface area contributed by atoms with E-state index in [1.165, 1.54) is 0 Å². The van der Waals surface area contributed by atoms with Gasteiger partial charge in [-0.3, -0.25) is 4.57 Å². The summed E-state index contributed by atoms with van der Waals surface area (Å²) >= 11 is 0. The van der Waals surface area contributed by atoms with Crippen LogP contribution in [0.4, 0.5) is 8.78 Å². The van der Waals surface area contributed by atoms with Crippen molar-refractivity contribution >= 4 is 10.0 Å². The second kappa shape index (κ2) is 4.45. The summed E-state index contributed by atoms with van der Waals surface area (Å²) in [4.78, 5) is 0. The van der Waals surface area contributed by atoms with E-state index in [2.05, 4.69) is 10.2 Å². The maximum absolute atomic E-state index is 13.2. The number of halogens is 2. The first kappa shape index (κ1) is 13.9. The number of hydrogen-bond acceptors (Lipinski definition) is 4. The minimum atomic E-state index is -3.94. The fourth-order valence-corrected chi connectivity index (χ4v) is 3.41. The molecular formula is C11H16F2N4O2S. The lowest BCUT2D eigenvalue weighted by Crippen LogP contribution is -2.26. The molecule has 2 saturated carbocycles. The lowest BCUT2D eigenvalue weighted by atomic mass is 9.86. The molecule has 112 valence electrons. The Labute approximate surface area is 115 Å². The molecule has 0 saturated heterocycles. The van der Waals surface area contributed by atoms with E-state index in [0.29, 0.717) is 18.7 Å². The van der Waals surface area contributed by atoms with Gasteiger partial charge < -0.3 is 0 Å². The zero-order chi connectivity index (χ0) is 14.5. The number of nitrogens with zero attached hydrogens (tertiary/aromatic N) is 3. The molecule has 0 amide bonds. The van der Waals surface area contributed by atoms with Gasteiger partial charge in [0.05, 0.1) is 0 Å². The summed E-state index contributed by atoms with van der Waals surface area (Å²) in [6.45, 7) is 0. The zero-order valence-corrected chi connectivity index (χ0v) is 11.6. The van der Waals surface area contributed by atoms with Crippen LogP contribution in [0.1, 0.15) is 56.3 Å². The molecule has 0 radical (unpaired) electrons. The van der Waals surface area contributed by atoms with Crippen LogP contribution in [0.15, 0.2) is 5.16 Å². The Kier molecular flexibility index (Phi) is 3.09. The van der Waals surface area contributed by atoms with E-state index in [9.17, 15) is 17.2 Å². The van der Waals surface area contributed by atoms with Gasteiger partial charge in [-0.25, -0.2) is 22.3 Å². The van der Waals surface area contributed by atoms with Gasteiger partial charge in [-0.1, -0.05) is 0 Å². The summed E-state index contributed by atoms with van der Waals surface area (Å²) in [6, 6.07) is 0.0377. The largest absolute Gasteiger partial charge is 0.297 e. The molecule has 2 aliphatic rings.